The van der Waals surface area contributed by atoms with E-state index in [-0.39, 0.29) is 5.78 Å². The molecule has 0 aliphatic rings. The Hall–Kier alpha value is -2.25. The number of para-hydroxylation sites is 1. The van der Waals surface area contributed by atoms with Gasteiger partial charge in [-0.3, -0.25) is 4.79 Å². The van der Waals surface area contributed by atoms with Gasteiger partial charge in [-0.25, -0.2) is 0 Å². The lowest BCUT2D eigenvalue weighted by Gasteiger charge is -2.12. The number of carbonyl (C=O) groups is 1. The van der Waals surface area contributed by atoms with Crippen LogP contribution in [0, 0.1) is 0 Å². The second kappa shape index (κ2) is 6.57. The topological polar surface area (TPSA) is 70.0 Å². The largest absolute Gasteiger partial charge is 0.539 e. The van der Waals surface area contributed by atoms with Gasteiger partial charge in [0.05, 0.1) is 10.8 Å². The van der Waals surface area contributed by atoms with Crippen molar-refractivity contribution in [2.75, 3.05) is 0 Å². The lowest BCUT2D eigenvalue weighted by molar-refractivity contribution is -0.655. The Morgan fingerprint density at radius 2 is 1.76 bits per heavy atom. The molecule has 0 saturated carbocycles. The third kappa shape index (κ3) is 3.43. The molecule has 1 heterocycles. The van der Waals surface area contributed by atoms with E-state index in [1.165, 1.54) is 4.68 Å². The Bertz CT molecular complexity index is 930. The Labute approximate surface area is 155 Å². The van der Waals surface area contributed by atoms with E-state index in [4.69, 9.17) is 4.52 Å². The molecule has 0 unspecified atom stereocenters. The van der Waals surface area contributed by atoms with Gasteiger partial charge in [0.25, 0.3) is 0 Å². The van der Waals surface area contributed by atoms with Gasteiger partial charge >= 0.3 is 0 Å². The highest BCUT2D eigenvalue weighted by atomic mass is 79.9. The summed E-state index contributed by atoms with van der Waals surface area (Å²) in [6.07, 6.45) is 0. The SMILES string of the molecule is C[Si](C)(C)c1c([O-])on[n+]1-c1ccccc1C(=O)c1ccc(Br)cc1. The monoisotopic (exact) mass is 416 g/mol. The molecule has 0 saturated heterocycles. The predicted molar refractivity (Wildman–Crippen MR) is 98.0 cm³/mol. The number of carbonyl (C=O) groups excluding carboxylic acids is 1. The molecule has 5 nitrogen and oxygen atoms in total. The normalized spacial score (nSPS) is 11.5. The first kappa shape index (κ1) is 17.6. The lowest BCUT2D eigenvalue weighted by atomic mass is 10.0. The summed E-state index contributed by atoms with van der Waals surface area (Å²) < 4.78 is 7.30. The van der Waals surface area contributed by atoms with Gasteiger partial charge in [-0.05, 0) is 35.0 Å². The standard InChI is InChI=1S/C18H17BrN2O3Si/c1-25(2,3)17-18(23)24-20-21(17)15-7-5-4-6-14(15)16(22)12-8-10-13(19)11-9-12/h4-11H,1-3H3. The molecule has 0 amide bonds. The maximum absolute atomic E-state index is 13.0. The molecule has 0 bridgehead atoms. The van der Waals surface area contributed by atoms with Crippen LogP contribution in [-0.4, -0.2) is 19.1 Å². The summed E-state index contributed by atoms with van der Waals surface area (Å²) in [6.45, 7) is 6.11. The van der Waals surface area contributed by atoms with E-state index < -0.39 is 14.0 Å². The molecule has 1 aromatic heterocycles. The molecule has 0 aliphatic heterocycles. The minimum atomic E-state index is -2.02. The lowest BCUT2D eigenvalue weighted by Crippen LogP contribution is -2.59. The number of hydrogen-bond donors (Lipinski definition) is 0. The van der Waals surface area contributed by atoms with Crippen LogP contribution >= 0.6 is 15.9 Å². The van der Waals surface area contributed by atoms with Crippen LogP contribution in [0.4, 0.5) is 0 Å². The number of aromatic nitrogens is 2. The zero-order valence-corrected chi connectivity index (χ0v) is 16.7. The van der Waals surface area contributed by atoms with Gasteiger partial charge in [0.1, 0.15) is 5.95 Å². The van der Waals surface area contributed by atoms with Crippen LogP contribution in [-0.2, 0) is 0 Å². The van der Waals surface area contributed by atoms with E-state index in [1.807, 2.05) is 37.8 Å². The molecule has 25 heavy (non-hydrogen) atoms. The molecule has 7 heteroatoms. The Morgan fingerprint density at radius 1 is 1.12 bits per heavy atom. The van der Waals surface area contributed by atoms with Gasteiger partial charge in [0.2, 0.25) is 11.0 Å². The number of benzene rings is 2. The highest BCUT2D eigenvalue weighted by Gasteiger charge is 2.35. The molecule has 2 aromatic carbocycles. The molecule has 3 aromatic rings. The molecule has 3 rings (SSSR count). The first-order valence-electron chi connectivity index (χ1n) is 7.78. The second-order valence-electron chi connectivity index (χ2n) is 6.72. The van der Waals surface area contributed by atoms with Crippen molar-refractivity contribution in [3.63, 3.8) is 0 Å². The predicted octanol–water partition coefficient (Wildman–Crippen LogP) is 2.56. The number of ketones is 1. The van der Waals surface area contributed by atoms with Crippen molar-refractivity contribution in [3.05, 3.63) is 64.1 Å². The van der Waals surface area contributed by atoms with E-state index in [0.29, 0.717) is 22.1 Å². The second-order valence-corrected chi connectivity index (χ2v) is 12.6. The zero-order chi connectivity index (χ0) is 18.2. The van der Waals surface area contributed by atoms with E-state index in [9.17, 15) is 9.90 Å². The van der Waals surface area contributed by atoms with E-state index in [2.05, 4.69) is 21.2 Å². The quantitative estimate of drug-likeness (QED) is 0.372. The van der Waals surface area contributed by atoms with Crippen molar-refractivity contribution in [2.45, 2.75) is 19.6 Å². The number of halogens is 1. The molecule has 0 atom stereocenters. The minimum Gasteiger partial charge on any atom is -0.539 e. The first-order chi connectivity index (χ1) is 11.8. The summed E-state index contributed by atoms with van der Waals surface area (Å²) in [5, 5.41) is 16.6. The van der Waals surface area contributed by atoms with Crippen molar-refractivity contribution in [1.82, 2.24) is 5.27 Å². The van der Waals surface area contributed by atoms with Crippen molar-refractivity contribution < 1.29 is 19.1 Å². The maximum atomic E-state index is 13.0. The molecule has 0 fully saturated rings. The molecular weight excluding hydrogens is 400 g/mol. The number of hydrogen-bond acceptors (Lipinski definition) is 4. The van der Waals surface area contributed by atoms with Gasteiger partial charge in [-0.2, -0.15) is 0 Å². The van der Waals surface area contributed by atoms with Gasteiger partial charge in [-0.1, -0.05) is 47.7 Å². The molecule has 0 spiro atoms. The Morgan fingerprint density at radius 3 is 2.40 bits per heavy atom. The summed E-state index contributed by atoms with van der Waals surface area (Å²) in [4.78, 5) is 13.0. The summed E-state index contributed by atoms with van der Waals surface area (Å²) in [7, 11) is -2.02. The molecule has 128 valence electrons. The first-order valence-corrected chi connectivity index (χ1v) is 12.1. The summed E-state index contributed by atoms with van der Waals surface area (Å²) >= 11 is 3.37. The van der Waals surface area contributed by atoms with Crippen LogP contribution in [0.3, 0.4) is 0 Å². The van der Waals surface area contributed by atoms with Gasteiger partial charge < -0.3 is 9.63 Å². The average Bonchev–Trinajstić information content (AvgIpc) is 2.97. The van der Waals surface area contributed by atoms with Crippen molar-refractivity contribution in [3.8, 4) is 11.6 Å². The summed E-state index contributed by atoms with van der Waals surface area (Å²) in [6, 6.07) is 14.3. The van der Waals surface area contributed by atoms with E-state index >= 15 is 0 Å². The van der Waals surface area contributed by atoms with Crippen LogP contribution in [0.5, 0.6) is 5.95 Å². The van der Waals surface area contributed by atoms with Gasteiger partial charge in [-0.15, -0.1) is 0 Å². The van der Waals surface area contributed by atoms with E-state index in [0.717, 1.165) is 4.47 Å². The van der Waals surface area contributed by atoms with Crippen molar-refractivity contribution in [2.24, 2.45) is 0 Å². The van der Waals surface area contributed by atoms with Crippen molar-refractivity contribution >= 4 is 35.1 Å². The van der Waals surface area contributed by atoms with Gasteiger partial charge in [0, 0.05) is 16.1 Å². The molecule has 0 N–H and O–H groups in total. The molecule has 0 radical (unpaired) electrons. The fraction of sp³-hybridized carbons (Fsp3) is 0.167. The number of nitrogens with zero attached hydrogens (tertiary/aromatic N) is 2. The van der Waals surface area contributed by atoms with Crippen LogP contribution in [0.25, 0.3) is 5.69 Å². The van der Waals surface area contributed by atoms with Gasteiger partial charge in [0.15, 0.2) is 13.9 Å². The van der Waals surface area contributed by atoms with Crippen LogP contribution < -0.4 is 15.1 Å². The third-order valence-electron chi connectivity index (χ3n) is 3.80. The van der Waals surface area contributed by atoms with E-state index in [1.54, 1.807) is 30.3 Å². The highest BCUT2D eigenvalue weighted by Crippen LogP contribution is 2.18. The van der Waals surface area contributed by atoms with Crippen LogP contribution in [0.15, 0.2) is 57.5 Å². The minimum absolute atomic E-state index is 0.132. The Kier molecular flexibility index (Phi) is 4.62. The fourth-order valence-electron chi connectivity index (χ4n) is 2.64. The fourth-order valence-corrected chi connectivity index (χ4v) is 4.36. The zero-order valence-electron chi connectivity index (χ0n) is 14.1. The summed E-state index contributed by atoms with van der Waals surface area (Å²) in [5.74, 6) is -0.572. The van der Waals surface area contributed by atoms with Crippen LogP contribution in [0.1, 0.15) is 15.9 Å². The highest BCUT2D eigenvalue weighted by molar-refractivity contribution is 9.10. The molecular formula is C18H17BrN2O3Si. The smallest absolute Gasteiger partial charge is 0.250 e. The van der Waals surface area contributed by atoms with Crippen LogP contribution in [0.2, 0.25) is 19.6 Å². The average molecular weight is 417 g/mol. The number of rotatable bonds is 4. The maximum Gasteiger partial charge on any atom is 0.250 e. The summed E-state index contributed by atoms with van der Waals surface area (Å²) in [5.41, 5.74) is 1.60. The Balaban J connectivity index is 2.15. The van der Waals surface area contributed by atoms with Crippen molar-refractivity contribution in [1.29, 1.82) is 0 Å². The third-order valence-corrected chi connectivity index (χ3v) is 6.17. The molecule has 0 aliphatic carbocycles.